The van der Waals surface area contributed by atoms with Gasteiger partial charge < -0.3 is 10.4 Å². The summed E-state index contributed by atoms with van der Waals surface area (Å²) in [5, 5.41) is 11.3. The fourth-order valence-electron chi connectivity index (χ4n) is 1.67. The van der Waals surface area contributed by atoms with Crippen LogP contribution in [0.15, 0.2) is 0 Å². The van der Waals surface area contributed by atoms with Gasteiger partial charge in [0.25, 0.3) is 0 Å². The Morgan fingerprint density at radius 3 is 2.75 bits per heavy atom. The number of carbonyl (C=O) groups excluding carboxylic acids is 1. The lowest BCUT2D eigenvalue weighted by Crippen LogP contribution is -2.53. The lowest BCUT2D eigenvalue weighted by Gasteiger charge is -2.40. The summed E-state index contributed by atoms with van der Waals surface area (Å²) in [7, 11) is 0. The van der Waals surface area contributed by atoms with Crippen molar-refractivity contribution in [1.29, 1.82) is 0 Å². The summed E-state index contributed by atoms with van der Waals surface area (Å²) in [6, 6.07) is 0. The zero-order chi connectivity index (χ0) is 12.1. The molecule has 1 unspecified atom stereocenters. The highest BCUT2D eigenvalue weighted by Gasteiger charge is 2.35. The van der Waals surface area contributed by atoms with Crippen LogP contribution in [0.2, 0.25) is 0 Å². The topological polar surface area (TPSA) is 69.6 Å². The molecule has 1 atom stereocenters. The molecule has 0 aliphatic carbocycles. The molecule has 0 saturated carbocycles. The van der Waals surface area contributed by atoms with Crippen molar-refractivity contribution in [1.82, 2.24) is 10.2 Å². The number of carboxylic acids is 1. The van der Waals surface area contributed by atoms with E-state index in [1.807, 2.05) is 4.90 Å². The Hall–Kier alpha value is -1.54. The van der Waals surface area contributed by atoms with Crippen LogP contribution in [0.4, 0.5) is 0 Å². The maximum atomic E-state index is 11.3. The zero-order valence-electron chi connectivity index (χ0n) is 9.27. The highest BCUT2D eigenvalue weighted by molar-refractivity contribution is 5.78. The van der Waals surface area contributed by atoms with E-state index >= 15 is 0 Å². The molecule has 1 rings (SSSR count). The van der Waals surface area contributed by atoms with E-state index < -0.39 is 5.97 Å². The smallest absolute Gasteiger partial charge is 0.306 e. The van der Waals surface area contributed by atoms with Gasteiger partial charge in [-0.2, -0.15) is 0 Å². The number of amides is 1. The predicted octanol–water partition coefficient (Wildman–Crippen LogP) is -0.612. The van der Waals surface area contributed by atoms with E-state index in [4.69, 9.17) is 11.5 Å². The summed E-state index contributed by atoms with van der Waals surface area (Å²) < 4.78 is 0. The third-order valence-corrected chi connectivity index (χ3v) is 2.84. The minimum absolute atomic E-state index is 0.112. The molecule has 1 amide bonds. The van der Waals surface area contributed by atoms with Gasteiger partial charge in [0, 0.05) is 13.1 Å². The average molecular weight is 224 g/mol. The molecule has 0 spiro atoms. The largest absolute Gasteiger partial charge is 0.481 e. The number of rotatable bonds is 5. The average Bonchev–Trinajstić information content (AvgIpc) is 2.18. The van der Waals surface area contributed by atoms with Crippen molar-refractivity contribution < 1.29 is 14.7 Å². The molecule has 1 fully saturated rings. The summed E-state index contributed by atoms with van der Waals surface area (Å²) in [4.78, 5) is 23.8. The van der Waals surface area contributed by atoms with Crippen LogP contribution in [0, 0.1) is 24.2 Å². The number of carbonyl (C=O) groups is 2. The Morgan fingerprint density at radius 2 is 2.25 bits per heavy atom. The Bertz CT molecular complexity index is 316. The molecule has 1 aliphatic heterocycles. The second-order valence-corrected chi connectivity index (χ2v) is 4.06. The van der Waals surface area contributed by atoms with Gasteiger partial charge in [-0.1, -0.05) is 12.8 Å². The maximum Gasteiger partial charge on any atom is 0.306 e. The van der Waals surface area contributed by atoms with E-state index in [1.165, 1.54) is 0 Å². The summed E-state index contributed by atoms with van der Waals surface area (Å²) in [6.45, 7) is 3.56. The first-order chi connectivity index (χ1) is 7.54. The normalized spacial score (nSPS) is 18.2. The number of hydrogen-bond donors (Lipinski definition) is 2. The van der Waals surface area contributed by atoms with Gasteiger partial charge in [-0.25, -0.2) is 0 Å². The summed E-state index contributed by atoms with van der Waals surface area (Å²) in [5.41, 5.74) is 0. The highest BCUT2D eigenvalue weighted by atomic mass is 16.4. The molecular weight excluding hydrogens is 208 g/mol. The van der Waals surface area contributed by atoms with Crippen molar-refractivity contribution in [3.63, 3.8) is 0 Å². The minimum atomic E-state index is -0.776. The van der Waals surface area contributed by atoms with Crippen LogP contribution in [0.25, 0.3) is 0 Å². The number of nitrogens with one attached hydrogen (secondary N) is 1. The second kappa shape index (κ2) is 5.52. The predicted molar refractivity (Wildman–Crippen MR) is 58.6 cm³/mol. The van der Waals surface area contributed by atoms with Gasteiger partial charge in [0.15, 0.2) is 0 Å². The van der Waals surface area contributed by atoms with E-state index in [0.29, 0.717) is 19.6 Å². The zero-order valence-corrected chi connectivity index (χ0v) is 9.27. The van der Waals surface area contributed by atoms with Crippen molar-refractivity contribution in [3.05, 3.63) is 0 Å². The number of hydrogen-bond acceptors (Lipinski definition) is 3. The molecule has 0 bridgehead atoms. The first-order valence-electron chi connectivity index (χ1n) is 5.20. The van der Waals surface area contributed by atoms with Crippen molar-refractivity contribution in [2.75, 3.05) is 26.2 Å². The van der Waals surface area contributed by atoms with Crippen molar-refractivity contribution in [3.8, 4) is 12.3 Å². The van der Waals surface area contributed by atoms with E-state index in [-0.39, 0.29) is 24.3 Å². The fourth-order valence-corrected chi connectivity index (χ4v) is 1.67. The fraction of sp³-hybridized carbons (Fsp3) is 0.636. The molecule has 5 nitrogen and oxygen atoms in total. The Balaban J connectivity index is 2.19. The molecule has 0 radical (unpaired) electrons. The van der Waals surface area contributed by atoms with E-state index in [1.54, 1.807) is 6.92 Å². The van der Waals surface area contributed by atoms with Gasteiger partial charge in [0.1, 0.15) is 0 Å². The Morgan fingerprint density at radius 1 is 1.62 bits per heavy atom. The summed E-state index contributed by atoms with van der Waals surface area (Å²) in [6.07, 6.45) is 5.01. The van der Waals surface area contributed by atoms with Gasteiger partial charge in [-0.15, -0.1) is 6.42 Å². The van der Waals surface area contributed by atoms with Crippen LogP contribution in [0.1, 0.15) is 6.92 Å². The SMILES string of the molecule is C#CCNC(=O)CN1CC(C(C)C(=O)O)C1. The number of terminal acetylenes is 1. The van der Waals surface area contributed by atoms with Crippen LogP contribution in [0.5, 0.6) is 0 Å². The van der Waals surface area contributed by atoms with Crippen molar-refractivity contribution in [2.24, 2.45) is 11.8 Å². The van der Waals surface area contributed by atoms with E-state index in [0.717, 1.165) is 0 Å². The molecule has 88 valence electrons. The highest BCUT2D eigenvalue weighted by Crippen LogP contribution is 2.23. The minimum Gasteiger partial charge on any atom is -0.481 e. The third kappa shape index (κ3) is 3.24. The van der Waals surface area contributed by atoms with Gasteiger partial charge in [-0.3, -0.25) is 14.5 Å². The van der Waals surface area contributed by atoms with Crippen LogP contribution in [-0.4, -0.2) is 48.1 Å². The maximum absolute atomic E-state index is 11.3. The molecule has 5 heteroatoms. The standard InChI is InChI=1S/C11H16N2O3/c1-3-4-12-10(14)7-13-5-9(6-13)8(2)11(15)16/h1,8-9H,4-7H2,2H3,(H,12,14)(H,15,16). The Labute approximate surface area is 94.8 Å². The molecule has 2 N–H and O–H groups in total. The quantitative estimate of drug-likeness (QED) is 0.611. The number of aliphatic carboxylic acids is 1. The third-order valence-electron chi connectivity index (χ3n) is 2.84. The van der Waals surface area contributed by atoms with E-state index in [9.17, 15) is 9.59 Å². The lowest BCUT2D eigenvalue weighted by atomic mass is 9.87. The second-order valence-electron chi connectivity index (χ2n) is 4.06. The summed E-state index contributed by atoms with van der Waals surface area (Å²) >= 11 is 0. The molecular formula is C11H16N2O3. The van der Waals surface area contributed by atoms with E-state index in [2.05, 4.69) is 11.2 Å². The first-order valence-corrected chi connectivity index (χ1v) is 5.20. The first kappa shape index (κ1) is 12.5. The molecule has 1 saturated heterocycles. The van der Waals surface area contributed by atoms with Gasteiger partial charge >= 0.3 is 5.97 Å². The van der Waals surface area contributed by atoms with Gasteiger partial charge in [0.2, 0.25) is 5.91 Å². The molecule has 16 heavy (non-hydrogen) atoms. The molecule has 0 aromatic carbocycles. The molecule has 1 heterocycles. The number of nitrogens with zero attached hydrogens (tertiary/aromatic N) is 1. The van der Waals surface area contributed by atoms with Gasteiger partial charge in [-0.05, 0) is 5.92 Å². The summed E-state index contributed by atoms with van der Waals surface area (Å²) in [5.74, 6) is 1.24. The molecule has 0 aromatic heterocycles. The van der Waals surface area contributed by atoms with Crippen LogP contribution in [-0.2, 0) is 9.59 Å². The lowest BCUT2D eigenvalue weighted by molar-refractivity contribution is -0.145. The van der Waals surface area contributed by atoms with Gasteiger partial charge in [0.05, 0.1) is 19.0 Å². The number of likely N-dealkylation sites (tertiary alicyclic amines) is 1. The van der Waals surface area contributed by atoms with Crippen LogP contribution < -0.4 is 5.32 Å². The molecule has 0 aromatic rings. The van der Waals surface area contributed by atoms with Crippen LogP contribution >= 0.6 is 0 Å². The van der Waals surface area contributed by atoms with Crippen molar-refractivity contribution in [2.45, 2.75) is 6.92 Å². The monoisotopic (exact) mass is 224 g/mol. The Kier molecular flexibility index (Phi) is 4.32. The number of carboxylic acid groups (broad SMARTS) is 1. The van der Waals surface area contributed by atoms with Crippen LogP contribution in [0.3, 0.4) is 0 Å². The molecule has 1 aliphatic rings. The van der Waals surface area contributed by atoms with Crippen molar-refractivity contribution >= 4 is 11.9 Å².